The SMILES string of the molecule is COc1cc(/C=C/c2cc(O)c3c(c2)O[C@H](c2ccc(O)cc2O)[C@H]3c2cc(O)cc(O)c2)ccc1O. The van der Waals surface area contributed by atoms with Gasteiger partial charge in [-0.25, -0.2) is 0 Å². The summed E-state index contributed by atoms with van der Waals surface area (Å²) in [5.41, 5.74) is 2.62. The first kappa shape index (κ1) is 23.7. The van der Waals surface area contributed by atoms with Gasteiger partial charge >= 0.3 is 0 Å². The first-order chi connectivity index (χ1) is 17.7. The van der Waals surface area contributed by atoms with Crippen molar-refractivity contribution in [3.05, 3.63) is 94.5 Å². The van der Waals surface area contributed by atoms with E-state index in [9.17, 15) is 30.6 Å². The summed E-state index contributed by atoms with van der Waals surface area (Å²) in [6.45, 7) is 0. The molecule has 37 heavy (non-hydrogen) atoms. The van der Waals surface area contributed by atoms with Crippen LogP contribution >= 0.6 is 0 Å². The smallest absolute Gasteiger partial charge is 0.161 e. The van der Waals surface area contributed by atoms with Crippen LogP contribution in [0.25, 0.3) is 12.2 Å². The monoisotopic (exact) mass is 500 g/mol. The van der Waals surface area contributed by atoms with Crippen LogP contribution in [0.1, 0.15) is 39.8 Å². The molecule has 0 spiro atoms. The summed E-state index contributed by atoms with van der Waals surface area (Å²) in [5, 5.41) is 61.4. The molecular weight excluding hydrogens is 476 g/mol. The van der Waals surface area contributed by atoms with E-state index in [0.29, 0.717) is 33.8 Å². The van der Waals surface area contributed by atoms with Crippen molar-refractivity contribution in [1.29, 1.82) is 0 Å². The molecular formula is C29H24O8. The van der Waals surface area contributed by atoms with Gasteiger partial charge in [-0.2, -0.15) is 0 Å². The molecule has 0 saturated heterocycles. The molecule has 0 bridgehead atoms. The van der Waals surface area contributed by atoms with Gasteiger partial charge in [-0.1, -0.05) is 18.2 Å². The van der Waals surface area contributed by atoms with Crippen molar-refractivity contribution in [2.24, 2.45) is 0 Å². The largest absolute Gasteiger partial charge is 0.508 e. The lowest BCUT2D eigenvalue weighted by atomic mass is 9.84. The van der Waals surface area contributed by atoms with Crippen LogP contribution in [0.5, 0.6) is 46.0 Å². The van der Waals surface area contributed by atoms with Gasteiger partial charge in [-0.05, 0) is 65.2 Å². The van der Waals surface area contributed by atoms with Crippen molar-refractivity contribution < 1.29 is 40.1 Å². The van der Waals surface area contributed by atoms with E-state index in [1.54, 1.807) is 36.4 Å². The Bertz CT molecular complexity index is 1500. The normalized spacial score (nSPS) is 16.5. The molecule has 1 aliphatic rings. The van der Waals surface area contributed by atoms with E-state index in [0.717, 1.165) is 5.56 Å². The first-order valence-electron chi connectivity index (χ1n) is 11.4. The van der Waals surface area contributed by atoms with E-state index in [1.807, 2.05) is 0 Å². The summed E-state index contributed by atoms with van der Waals surface area (Å²) in [7, 11) is 1.46. The third-order valence-electron chi connectivity index (χ3n) is 6.29. The fraction of sp³-hybridized carbons (Fsp3) is 0.103. The van der Waals surface area contributed by atoms with Gasteiger partial charge < -0.3 is 40.1 Å². The average Bonchev–Trinajstić information content (AvgIpc) is 3.22. The van der Waals surface area contributed by atoms with Crippen molar-refractivity contribution in [3.63, 3.8) is 0 Å². The number of ether oxygens (including phenoxy) is 2. The maximum atomic E-state index is 11.1. The van der Waals surface area contributed by atoms with Crippen LogP contribution < -0.4 is 9.47 Å². The summed E-state index contributed by atoms with van der Waals surface area (Å²) in [6, 6.07) is 16.4. The minimum Gasteiger partial charge on any atom is -0.508 e. The standard InChI is InChI=1S/C29H24O8/c1-36-25-9-15(4-7-22(25)33)2-3-16-8-24(35)28-26(10-16)37-29(21-6-5-18(30)14-23(21)34)27(28)17-11-19(31)13-20(32)12-17/h2-14,27,29-35H,1H3/b3-2+/t27-,29+/m0/s1. The third kappa shape index (κ3) is 4.52. The maximum absolute atomic E-state index is 11.1. The van der Waals surface area contributed by atoms with Crippen LogP contribution in [0.3, 0.4) is 0 Å². The Morgan fingerprint density at radius 1 is 0.676 bits per heavy atom. The average molecular weight is 501 g/mol. The van der Waals surface area contributed by atoms with Crippen LogP contribution in [0, 0.1) is 0 Å². The molecule has 188 valence electrons. The number of methoxy groups -OCH3 is 1. The van der Waals surface area contributed by atoms with E-state index in [2.05, 4.69) is 0 Å². The van der Waals surface area contributed by atoms with Gasteiger partial charge in [-0.3, -0.25) is 0 Å². The molecule has 0 aliphatic carbocycles. The molecule has 0 amide bonds. The molecule has 1 heterocycles. The molecule has 4 aromatic carbocycles. The fourth-order valence-corrected chi connectivity index (χ4v) is 4.64. The highest BCUT2D eigenvalue weighted by Gasteiger charge is 2.40. The Morgan fingerprint density at radius 3 is 2.11 bits per heavy atom. The van der Waals surface area contributed by atoms with Gasteiger partial charge in [0.05, 0.1) is 13.0 Å². The highest BCUT2D eigenvalue weighted by atomic mass is 16.5. The number of phenols is 6. The minimum atomic E-state index is -0.830. The molecule has 1 aliphatic heterocycles. The Morgan fingerprint density at radius 2 is 1.41 bits per heavy atom. The summed E-state index contributed by atoms with van der Waals surface area (Å²) >= 11 is 0. The predicted octanol–water partition coefficient (Wildman–Crippen LogP) is 5.36. The lowest BCUT2D eigenvalue weighted by molar-refractivity contribution is 0.217. The second kappa shape index (κ2) is 9.23. The topological polar surface area (TPSA) is 140 Å². The Kier molecular flexibility index (Phi) is 5.93. The Balaban J connectivity index is 1.59. The number of rotatable bonds is 5. The van der Waals surface area contributed by atoms with Crippen LogP contribution in [-0.2, 0) is 0 Å². The summed E-state index contributed by atoms with van der Waals surface area (Å²) in [6.07, 6.45) is 2.71. The van der Waals surface area contributed by atoms with Gasteiger partial charge in [0.1, 0.15) is 40.6 Å². The van der Waals surface area contributed by atoms with Crippen molar-refractivity contribution in [2.45, 2.75) is 12.0 Å². The Hall–Kier alpha value is -4.98. The van der Waals surface area contributed by atoms with Crippen LogP contribution in [-0.4, -0.2) is 37.7 Å². The highest BCUT2D eigenvalue weighted by molar-refractivity contribution is 5.74. The third-order valence-corrected chi connectivity index (χ3v) is 6.29. The van der Waals surface area contributed by atoms with E-state index in [-0.39, 0.29) is 34.5 Å². The summed E-state index contributed by atoms with van der Waals surface area (Å²) in [4.78, 5) is 0. The van der Waals surface area contributed by atoms with Crippen molar-refractivity contribution in [2.75, 3.05) is 7.11 Å². The highest BCUT2D eigenvalue weighted by Crippen LogP contribution is 2.55. The number of benzene rings is 4. The fourth-order valence-electron chi connectivity index (χ4n) is 4.64. The molecule has 0 aromatic heterocycles. The summed E-state index contributed by atoms with van der Waals surface area (Å²) in [5.74, 6) is -0.713. The second-order valence-corrected chi connectivity index (χ2v) is 8.76. The number of aromatic hydroxyl groups is 6. The van der Waals surface area contributed by atoms with Crippen molar-refractivity contribution in [3.8, 4) is 46.0 Å². The maximum Gasteiger partial charge on any atom is 0.161 e. The van der Waals surface area contributed by atoms with E-state index >= 15 is 0 Å². The minimum absolute atomic E-state index is 0.0239. The molecule has 0 radical (unpaired) electrons. The number of fused-ring (bicyclic) bond motifs is 1. The molecule has 0 saturated carbocycles. The molecule has 6 N–H and O–H groups in total. The van der Waals surface area contributed by atoms with Crippen molar-refractivity contribution in [1.82, 2.24) is 0 Å². The zero-order chi connectivity index (χ0) is 26.3. The van der Waals surface area contributed by atoms with Gasteiger partial charge in [0.25, 0.3) is 0 Å². The van der Waals surface area contributed by atoms with Crippen LogP contribution in [0.2, 0.25) is 0 Å². The number of phenolic OH excluding ortho intramolecular Hbond substituents is 6. The first-order valence-corrected chi connectivity index (χ1v) is 11.4. The predicted molar refractivity (Wildman–Crippen MR) is 136 cm³/mol. The molecule has 2 atom stereocenters. The van der Waals surface area contributed by atoms with Gasteiger partial charge in [0.15, 0.2) is 11.5 Å². The lowest BCUT2D eigenvalue weighted by Crippen LogP contribution is -2.11. The second-order valence-electron chi connectivity index (χ2n) is 8.76. The van der Waals surface area contributed by atoms with Gasteiger partial charge in [0.2, 0.25) is 0 Å². The zero-order valence-corrected chi connectivity index (χ0v) is 19.7. The molecule has 4 aromatic rings. The zero-order valence-electron chi connectivity index (χ0n) is 19.7. The van der Waals surface area contributed by atoms with Crippen molar-refractivity contribution >= 4 is 12.2 Å². The Labute approximate surface area is 212 Å². The quantitative estimate of drug-likeness (QED) is 0.201. The van der Waals surface area contributed by atoms with Crippen LogP contribution in [0.15, 0.2) is 66.7 Å². The van der Waals surface area contributed by atoms with Crippen LogP contribution in [0.4, 0.5) is 0 Å². The van der Waals surface area contributed by atoms with E-state index in [4.69, 9.17) is 9.47 Å². The van der Waals surface area contributed by atoms with E-state index < -0.39 is 12.0 Å². The molecule has 8 heteroatoms. The van der Waals surface area contributed by atoms with Gasteiger partial charge in [-0.15, -0.1) is 0 Å². The molecule has 5 rings (SSSR count). The summed E-state index contributed by atoms with van der Waals surface area (Å²) < 4.78 is 11.4. The molecule has 0 unspecified atom stereocenters. The van der Waals surface area contributed by atoms with Gasteiger partial charge in [0, 0.05) is 23.3 Å². The molecule has 8 nitrogen and oxygen atoms in total. The molecule has 0 fully saturated rings. The number of hydrogen-bond acceptors (Lipinski definition) is 8. The van der Waals surface area contributed by atoms with E-state index in [1.165, 1.54) is 49.6 Å². The number of hydrogen-bond donors (Lipinski definition) is 6. The lowest BCUT2D eigenvalue weighted by Gasteiger charge is -2.21.